The zero-order chi connectivity index (χ0) is 20.6. The molecule has 4 rings (SSSR count). The van der Waals surface area contributed by atoms with Gasteiger partial charge in [0.15, 0.2) is 11.6 Å². The quantitative estimate of drug-likeness (QED) is 0.384. The average Bonchev–Trinajstić information content (AvgIpc) is 3.09. The highest BCUT2D eigenvalue weighted by atomic mass is 35.5. The number of hydrogen-bond donors (Lipinski definition) is 0. The van der Waals surface area contributed by atoms with E-state index >= 15 is 0 Å². The van der Waals surface area contributed by atoms with Gasteiger partial charge in [-0.15, -0.1) is 0 Å². The zero-order valence-corrected chi connectivity index (χ0v) is 16.0. The lowest BCUT2D eigenvalue weighted by Crippen LogP contribution is -2.06. The molecule has 29 heavy (non-hydrogen) atoms. The van der Waals surface area contributed by atoms with Gasteiger partial charge >= 0.3 is 6.18 Å². The number of aryl methyl sites for hydroxylation is 1. The van der Waals surface area contributed by atoms with Crippen molar-refractivity contribution in [1.82, 2.24) is 14.8 Å². The van der Waals surface area contributed by atoms with Gasteiger partial charge in [-0.3, -0.25) is 0 Å². The number of halogens is 4. The van der Waals surface area contributed by atoms with E-state index in [1.54, 1.807) is 48.1 Å². The van der Waals surface area contributed by atoms with Crippen LogP contribution in [0.4, 0.5) is 13.2 Å². The first-order chi connectivity index (χ1) is 13.8. The standard InChI is InChI=1S/C22H15ClF3N3/c1-29-21(27-20(28-29)17-10-3-5-12-19(17)23)15-8-6-7-14(13-15)16-9-2-4-11-18(16)22(24,25)26/h2-13H,1H3. The minimum absolute atomic E-state index is 0.121. The third-order valence-corrected chi connectivity index (χ3v) is 4.87. The van der Waals surface area contributed by atoms with Gasteiger partial charge in [0.2, 0.25) is 0 Å². The van der Waals surface area contributed by atoms with Crippen LogP contribution in [0.2, 0.25) is 5.02 Å². The molecule has 4 aromatic rings. The molecule has 0 aliphatic rings. The molecule has 0 bridgehead atoms. The summed E-state index contributed by atoms with van der Waals surface area (Å²) in [6.45, 7) is 0. The van der Waals surface area contributed by atoms with E-state index < -0.39 is 11.7 Å². The third-order valence-electron chi connectivity index (χ3n) is 4.54. The summed E-state index contributed by atoms with van der Waals surface area (Å²) in [6, 6.07) is 19.6. The van der Waals surface area contributed by atoms with E-state index in [-0.39, 0.29) is 5.56 Å². The Morgan fingerprint density at radius 1 is 0.828 bits per heavy atom. The van der Waals surface area contributed by atoms with Crippen LogP contribution in [0.1, 0.15) is 5.56 Å². The van der Waals surface area contributed by atoms with Gasteiger partial charge in [0, 0.05) is 18.2 Å². The van der Waals surface area contributed by atoms with Crippen molar-refractivity contribution in [3.63, 3.8) is 0 Å². The van der Waals surface area contributed by atoms with Gasteiger partial charge in [0.25, 0.3) is 0 Å². The van der Waals surface area contributed by atoms with Crippen LogP contribution in [0.3, 0.4) is 0 Å². The first kappa shape index (κ1) is 19.2. The maximum Gasteiger partial charge on any atom is 0.417 e. The van der Waals surface area contributed by atoms with E-state index in [4.69, 9.17) is 11.6 Å². The number of nitrogens with zero attached hydrogens (tertiary/aromatic N) is 3. The molecule has 146 valence electrons. The molecule has 0 aliphatic heterocycles. The molecule has 0 spiro atoms. The molecule has 3 aromatic carbocycles. The molecule has 0 N–H and O–H groups in total. The summed E-state index contributed by atoms with van der Waals surface area (Å²) in [7, 11) is 1.74. The maximum absolute atomic E-state index is 13.4. The minimum atomic E-state index is -4.44. The van der Waals surface area contributed by atoms with E-state index in [1.165, 1.54) is 12.1 Å². The Morgan fingerprint density at radius 3 is 2.21 bits per heavy atom. The molecule has 0 fully saturated rings. The van der Waals surface area contributed by atoms with Crippen LogP contribution in [0.15, 0.2) is 72.8 Å². The normalized spacial score (nSPS) is 11.6. The maximum atomic E-state index is 13.4. The van der Waals surface area contributed by atoms with Gasteiger partial charge in [-0.2, -0.15) is 18.3 Å². The molecular weight excluding hydrogens is 399 g/mol. The van der Waals surface area contributed by atoms with E-state index in [0.29, 0.717) is 33.4 Å². The van der Waals surface area contributed by atoms with Crippen LogP contribution in [-0.2, 0) is 13.2 Å². The number of alkyl halides is 3. The van der Waals surface area contributed by atoms with Gasteiger partial charge in [-0.1, -0.05) is 60.1 Å². The summed E-state index contributed by atoms with van der Waals surface area (Å²) in [5.41, 5.74) is 1.25. The molecule has 1 aromatic heterocycles. The van der Waals surface area contributed by atoms with Crippen molar-refractivity contribution >= 4 is 11.6 Å². The molecule has 0 saturated carbocycles. The molecule has 0 saturated heterocycles. The van der Waals surface area contributed by atoms with Crippen LogP contribution >= 0.6 is 11.6 Å². The van der Waals surface area contributed by atoms with Crippen molar-refractivity contribution in [2.75, 3.05) is 0 Å². The highest BCUT2D eigenvalue weighted by molar-refractivity contribution is 6.33. The summed E-state index contributed by atoms with van der Waals surface area (Å²) in [4.78, 5) is 4.56. The first-order valence-electron chi connectivity index (χ1n) is 8.77. The Morgan fingerprint density at radius 2 is 1.48 bits per heavy atom. The fourth-order valence-corrected chi connectivity index (χ4v) is 3.42. The van der Waals surface area contributed by atoms with Crippen LogP contribution in [0.25, 0.3) is 33.9 Å². The van der Waals surface area contributed by atoms with E-state index in [2.05, 4.69) is 10.1 Å². The second-order valence-corrected chi connectivity index (χ2v) is 6.89. The summed E-state index contributed by atoms with van der Waals surface area (Å²) >= 11 is 6.24. The Bertz CT molecular complexity index is 1180. The minimum Gasteiger partial charge on any atom is -0.248 e. The zero-order valence-electron chi connectivity index (χ0n) is 15.3. The van der Waals surface area contributed by atoms with Crippen molar-refractivity contribution in [3.8, 4) is 33.9 Å². The summed E-state index contributed by atoms with van der Waals surface area (Å²) in [6.07, 6.45) is -4.44. The van der Waals surface area contributed by atoms with Gasteiger partial charge in [0.05, 0.1) is 10.6 Å². The predicted molar refractivity (Wildman–Crippen MR) is 107 cm³/mol. The van der Waals surface area contributed by atoms with Gasteiger partial charge in [0.1, 0.15) is 0 Å². The van der Waals surface area contributed by atoms with Crippen molar-refractivity contribution in [3.05, 3.63) is 83.4 Å². The number of hydrogen-bond acceptors (Lipinski definition) is 2. The number of rotatable bonds is 3. The van der Waals surface area contributed by atoms with Gasteiger partial charge in [-0.25, -0.2) is 9.67 Å². The van der Waals surface area contributed by atoms with Crippen LogP contribution in [0.5, 0.6) is 0 Å². The third kappa shape index (κ3) is 3.76. The fourth-order valence-electron chi connectivity index (χ4n) is 3.20. The average molecular weight is 414 g/mol. The largest absolute Gasteiger partial charge is 0.417 e. The van der Waals surface area contributed by atoms with Gasteiger partial charge in [-0.05, 0) is 35.4 Å². The Balaban J connectivity index is 1.80. The molecule has 0 atom stereocenters. The smallest absolute Gasteiger partial charge is 0.248 e. The monoisotopic (exact) mass is 413 g/mol. The lowest BCUT2D eigenvalue weighted by atomic mass is 9.97. The highest BCUT2D eigenvalue weighted by Crippen LogP contribution is 2.38. The van der Waals surface area contributed by atoms with Crippen molar-refractivity contribution in [1.29, 1.82) is 0 Å². The Kier molecular flexibility index (Phi) is 4.88. The van der Waals surface area contributed by atoms with Crippen molar-refractivity contribution in [2.24, 2.45) is 7.05 Å². The number of benzene rings is 3. The van der Waals surface area contributed by atoms with Crippen molar-refractivity contribution in [2.45, 2.75) is 6.18 Å². The van der Waals surface area contributed by atoms with E-state index in [1.807, 2.05) is 18.2 Å². The lowest BCUT2D eigenvalue weighted by Gasteiger charge is -2.13. The summed E-state index contributed by atoms with van der Waals surface area (Å²) in [5, 5.41) is 4.94. The van der Waals surface area contributed by atoms with E-state index in [0.717, 1.165) is 6.07 Å². The molecule has 1 heterocycles. The summed E-state index contributed by atoms with van der Waals surface area (Å²) < 4.78 is 41.8. The second kappa shape index (κ2) is 7.37. The fraction of sp³-hybridized carbons (Fsp3) is 0.0909. The molecule has 3 nitrogen and oxygen atoms in total. The van der Waals surface area contributed by atoms with Crippen LogP contribution < -0.4 is 0 Å². The molecule has 0 amide bonds. The van der Waals surface area contributed by atoms with E-state index in [9.17, 15) is 13.2 Å². The van der Waals surface area contributed by atoms with Crippen LogP contribution in [-0.4, -0.2) is 14.8 Å². The van der Waals surface area contributed by atoms with Gasteiger partial charge < -0.3 is 0 Å². The summed E-state index contributed by atoms with van der Waals surface area (Å²) in [5.74, 6) is 0.987. The highest BCUT2D eigenvalue weighted by Gasteiger charge is 2.33. The first-order valence-corrected chi connectivity index (χ1v) is 9.15. The Hall–Kier alpha value is -3.12. The molecule has 0 radical (unpaired) electrons. The molecule has 0 aliphatic carbocycles. The van der Waals surface area contributed by atoms with Crippen LogP contribution in [0, 0.1) is 0 Å². The molecule has 7 heteroatoms. The SMILES string of the molecule is Cn1nc(-c2ccccc2Cl)nc1-c1cccc(-c2ccccc2C(F)(F)F)c1. The Labute approximate surface area is 170 Å². The topological polar surface area (TPSA) is 30.7 Å². The molecule has 0 unspecified atom stereocenters. The predicted octanol–water partition coefficient (Wildman–Crippen LogP) is 6.49. The molecular formula is C22H15ClF3N3. The second-order valence-electron chi connectivity index (χ2n) is 6.49. The lowest BCUT2D eigenvalue weighted by molar-refractivity contribution is -0.137. The number of aromatic nitrogens is 3. The van der Waals surface area contributed by atoms with Crippen molar-refractivity contribution < 1.29 is 13.2 Å².